The Morgan fingerprint density at radius 2 is 2.07 bits per heavy atom. The van der Waals surface area contributed by atoms with Gasteiger partial charge >= 0.3 is 5.97 Å². The molecule has 0 N–H and O–H groups in total. The van der Waals surface area contributed by atoms with Gasteiger partial charge in [0.05, 0.1) is 12.5 Å². The van der Waals surface area contributed by atoms with E-state index in [4.69, 9.17) is 4.74 Å². The van der Waals surface area contributed by atoms with Crippen molar-refractivity contribution in [3.63, 3.8) is 0 Å². The van der Waals surface area contributed by atoms with Gasteiger partial charge in [0.15, 0.2) is 0 Å². The Balaban J connectivity index is 3.44. The number of unbranched alkanes of at least 4 members (excludes halogenated alkanes) is 3. The maximum atomic E-state index is 11.3. The highest BCUT2D eigenvalue weighted by atomic mass is 16.5. The van der Waals surface area contributed by atoms with Crippen molar-refractivity contribution in [3.8, 4) is 0 Å². The molecule has 14 heavy (non-hydrogen) atoms. The summed E-state index contributed by atoms with van der Waals surface area (Å²) in [5.74, 6) is -0.217. The lowest BCUT2D eigenvalue weighted by atomic mass is 10.2. The van der Waals surface area contributed by atoms with Gasteiger partial charge in [-0.3, -0.25) is 4.79 Å². The Morgan fingerprint density at radius 3 is 2.64 bits per heavy atom. The third-order valence-corrected chi connectivity index (χ3v) is 2.10. The zero-order chi connectivity index (χ0) is 10.8. The first kappa shape index (κ1) is 13.2. The van der Waals surface area contributed by atoms with Crippen molar-refractivity contribution in [1.82, 2.24) is 0 Å². The second-order valence-corrected chi connectivity index (χ2v) is 3.54. The van der Waals surface area contributed by atoms with Crippen molar-refractivity contribution in [3.05, 3.63) is 12.2 Å². The quantitative estimate of drug-likeness (QED) is 0.356. The predicted octanol–water partition coefficient (Wildman–Crippen LogP) is 3.32. The minimum atomic E-state index is -0.111. The molecule has 0 aliphatic rings. The molecule has 0 unspecified atom stereocenters. The molecule has 2 heteroatoms. The summed E-state index contributed by atoms with van der Waals surface area (Å²) in [5.41, 5.74) is 0. The molecule has 0 aromatic carbocycles. The number of ether oxygens (including phenoxy) is 1. The summed E-state index contributed by atoms with van der Waals surface area (Å²) in [7, 11) is 0. The Labute approximate surface area is 87.3 Å². The van der Waals surface area contributed by atoms with Gasteiger partial charge in [-0.15, -0.1) is 0 Å². The van der Waals surface area contributed by atoms with Crippen LogP contribution < -0.4 is 0 Å². The Hall–Kier alpha value is -0.790. The molecular formula is C12H22O2. The molecule has 0 aliphatic heterocycles. The lowest BCUT2D eigenvalue weighted by molar-refractivity contribution is -0.146. The molecule has 1 atom stereocenters. The van der Waals surface area contributed by atoms with E-state index < -0.39 is 0 Å². The highest BCUT2D eigenvalue weighted by Gasteiger charge is 2.09. The number of carbonyl (C=O) groups excluding carboxylic acids is 1. The highest BCUT2D eigenvalue weighted by molar-refractivity contribution is 5.73. The van der Waals surface area contributed by atoms with E-state index in [1.54, 1.807) is 0 Å². The Bertz CT molecular complexity index is 173. The summed E-state index contributed by atoms with van der Waals surface area (Å²) in [6, 6.07) is 0. The van der Waals surface area contributed by atoms with Gasteiger partial charge in [-0.2, -0.15) is 0 Å². The molecule has 0 fully saturated rings. The zero-order valence-electron chi connectivity index (χ0n) is 9.58. The molecule has 0 rings (SSSR count). The van der Waals surface area contributed by atoms with Crippen LogP contribution in [0.25, 0.3) is 0 Å². The van der Waals surface area contributed by atoms with E-state index in [9.17, 15) is 4.79 Å². The summed E-state index contributed by atoms with van der Waals surface area (Å²) >= 11 is 0. The number of carbonyl (C=O) groups is 1. The number of esters is 1. The number of rotatable bonds is 7. The lowest BCUT2D eigenvalue weighted by Gasteiger charge is -2.07. The van der Waals surface area contributed by atoms with Crippen LogP contribution >= 0.6 is 0 Å². The first-order chi connectivity index (χ1) is 6.72. The van der Waals surface area contributed by atoms with E-state index in [1.165, 1.54) is 12.8 Å². The van der Waals surface area contributed by atoms with Crippen LogP contribution in [0.3, 0.4) is 0 Å². The fraction of sp³-hybridized carbons (Fsp3) is 0.750. The average Bonchev–Trinajstić information content (AvgIpc) is 2.17. The molecule has 0 spiro atoms. The van der Waals surface area contributed by atoms with Gasteiger partial charge < -0.3 is 4.74 Å². The van der Waals surface area contributed by atoms with Crippen LogP contribution in [0.1, 0.15) is 46.5 Å². The normalized spacial score (nSPS) is 13.1. The van der Waals surface area contributed by atoms with E-state index in [1.807, 2.05) is 26.0 Å². The zero-order valence-corrected chi connectivity index (χ0v) is 9.58. The monoisotopic (exact) mass is 198 g/mol. The van der Waals surface area contributed by atoms with Crippen molar-refractivity contribution in [1.29, 1.82) is 0 Å². The molecule has 0 amide bonds. The molecule has 82 valence electrons. The van der Waals surface area contributed by atoms with Gasteiger partial charge in [0.25, 0.3) is 0 Å². The summed E-state index contributed by atoms with van der Waals surface area (Å²) in [5, 5.41) is 0. The van der Waals surface area contributed by atoms with Gasteiger partial charge in [-0.25, -0.2) is 0 Å². The van der Waals surface area contributed by atoms with E-state index >= 15 is 0 Å². The van der Waals surface area contributed by atoms with Gasteiger partial charge in [0, 0.05) is 0 Å². The second-order valence-electron chi connectivity index (χ2n) is 3.54. The molecule has 0 saturated carbocycles. The summed E-state index contributed by atoms with van der Waals surface area (Å²) in [6.07, 6.45) is 8.31. The molecular weight excluding hydrogens is 176 g/mol. The first-order valence-electron chi connectivity index (χ1n) is 5.51. The molecule has 0 radical (unpaired) electrons. The van der Waals surface area contributed by atoms with Crippen molar-refractivity contribution < 1.29 is 9.53 Å². The molecule has 0 aliphatic carbocycles. The van der Waals surface area contributed by atoms with Crippen LogP contribution in [-0.4, -0.2) is 12.6 Å². The number of allylic oxidation sites excluding steroid dienone is 1. The van der Waals surface area contributed by atoms with E-state index in [2.05, 4.69) is 6.92 Å². The largest absolute Gasteiger partial charge is 0.465 e. The van der Waals surface area contributed by atoms with Gasteiger partial charge in [-0.05, 0) is 20.3 Å². The molecule has 0 saturated heterocycles. The summed E-state index contributed by atoms with van der Waals surface area (Å²) in [6.45, 7) is 6.50. The maximum absolute atomic E-state index is 11.3. The minimum Gasteiger partial charge on any atom is -0.465 e. The van der Waals surface area contributed by atoms with Crippen LogP contribution in [0.4, 0.5) is 0 Å². The van der Waals surface area contributed by atoms with Gasteiger partial charge in [0.1, 0.15) is 0 Å². The van der Waals surface area contributed by atoms with Crippen molar-refractivity contribution in [2.75, 3.05) is 6.61 Å². The molecule has 0 aromatic rings. The van der Waals surface area contributed by atoms with Gasteiger partial charge in [0.2, 0.25) is 0 Å². The van der Waals surface area contributed by atoms with E-state index in [0.29, 0.717) is 6.61 Å². The van der Waals surface area contributed by atoms with Crippen LogP contribution in [0.2, 0.25) is 0 Å². The third-order valence-electron chi connectivity index (χ3n) is 2.10. The van der Waals surface area contributed by atoms with Gasteiger partial charge in [-0.1, -0.05) is 38.3 Å². The predicted molar refractivity (Wildman–Crippen MR) is 59.1 cm³/mol. The van der Waals surface area contributed by atoms with E-state index in [-0.39, 0.29) is 11.9 Å². The maximum Gasteiger partial charge on any atom is 0.312 e. The molecule has 0 bridgehead atoms. The summed E-state index contributed by atoms with van der Waals surface area (Å²) < 4.78 is 5.11. The Kier molecular flexibility index (Phi) is 8.30. The van der Waals surface area contributed by atoms with Crippen LogP contribution in [0.5, 0.6) is 0 Å². The standard InChI is InChI=1S/C12H22O2/c1-4-6-7-8-10-14-12(13)11(3)9-5-2/h5,9,11H,4,6-8,10H2,1-3H3/b9-5-/t11-/m0/s1. The van der Waals surface area contributed by atoms with Crippen molar-refractivity contribution in [2.24, 2.45) is 5.92 Å². The Morgan fingerprint density at radius 1 is 1.36 bits per heavy atom. The summed E-state index contributed by atoms with van der Waals surface area (Å²) in [4.78, 5) is 11.3. The highest BCUT2D eigenvalue weighted by Crippen LogP contribution is 2.03. The third kappa shape index (κ3) is 6.70. The smallest absolute Gasteiger partial charge is 0.312 e. The lowest BCUT2D eigenvalue weighted by Crippen LogP contribution is -2.13. The average molecular weight is 198 g/mol. The number of hydrogen-bond donors (Lipinski definition) is 0. The SMILES string of the molecule is C/C=C\[C@H](C)C(=O)OCCCCCC. The molecule has 0 aromatic heterocycles. The van der Waals surface area contributed by atoms with Crippen molar-refractivity contribution >= 4 is 5.97 Å². The van der Waals surface area contributed by atoms with Crippen molar-refractivity contribution in [2.45, 2.75) is 46.5 Å². The van der Waals surface area contributed by atoms with Crippen LogP contribution in [-0.2, 0) is 9.53 Å². The van der Waals surface area contributed by atoms with E-state index in [0.717, 1.165) is 12.8 Å². The molecule has 0 heterocycles. The minimum absolute atomic E-state index is 0.105. The van der Waals surface area contributed by atoms with Crippen LogP contribution in [0, 0.1) is 5.92 Å². The molecule has 2 nitrogen and oxygen atoms in total. The first-order valence-corrected chi connectivity index (χ1v) is 5.51. The second kappa shape index (κ2) is 8.79. The fourth-order valence-corrected chi connectivity index (χ4v) is 1.20. The number of hydrogen-bond acceptors (Lipinski definition) is 2. The van der Waals surface area contributed by atoms with Crippen LogP contribution in [0.15, 0.2) is 12.2 Å². The fourth-order valence-electron chi connectivity index (χ4n) is 1.20. The topological polar surface area (TPSA) is 26.3 Å².